The van der Waals surface area contributed by atoms with Gasteiger partial charge in [0, 0.05) is 18.0 Å². The van der Waals surface area contributed by atoms with Gasteiger partial charge in [0.1, 0.15) is 11.9 Å². The van der Waals surface area contributed by atoms with E-state index in [-0.39, 0.29) is 23.6 Å². The summed E-state index contributed by atoms with van der Waals surface area (Å²) in [6.07, 6.45) is -1.70. The van der Waals surface area contributed by atoms with Gasteiger partial charge in [0.15, 0.2) is 6.10 Å². The molecule has 0 saturated heterocycles. The van der Waals surface area contributed by atoms with E-state index >= 15 is 0 Å². The third-order valence-corrected chi connectivity index (χ3v) is 6.23. The molecule has 8 nitrogen and oxygen atoms in total. The summed E-state index contributed by atoms with van der Waals surface area (Å²) in [4.78, 5) is 23.9. The molecule has 0 bridgehead atoms. The first-order valence-electron chi connectivity index (χ1n) is 11.4. The minimum absolute atomic E-state index is 0.0929. The van der Waals surface area contributed by atoms with Gasteiger partial charge in [-0.1, -0.05) is 38.1 Å². The fourth-order valence-electron chi connectivity index (χ4n) is 4.83. The van der Waals surface area contributed by atoms with Crippen molar-refractivity contribution in [3.63, 3.8) is 0 Å². The summed E-state index contributed by atoms with van der Waals surface area (Å²) >= 11 is 0. The third-order valence-electron chi connectivity index (χ3n) is 6.23. The summed E-state index contributed by atoms with van der Waals surface area (Å²) in [5, 5.41) is 23.4. The summed E-state index contributed by atoms with van der Waals surface area (Å²) in [6.45, 7) is 7.86. The smallest absolute Gasteiger partial charge is 0.407 e. The van der Waals surface area contributed by atoms with E-state index in [0.29, 0.717) is 24.2 Å². The van der Waals surface area contributed by atoms with Gasteiger partial charge >= 0.3 is 12.1 Å². The number of aliphatic hydroxyl groups is 1. The van der Waals surface area contributed by atoms with Gasteiger partial charge in [-0.15, -0.1) is 0 Å². The number of nitrogens with one attached hydrogen (secondary N) is 1. The number of fused-ring (bicyclic) bond motifs is 1. The molecule has 1 aliphatic heterocycles. The maximum atomic E-state index is 12.2. The van der Waals surface area contributed by atoms with Crippen molar-refractivity contribution in [2.24, 2.45) is 5.41 Å². The summed E-state index contributed by atoms with van der Waals surface area (Å²) in [5.41, 5.74) is 1.96. The van der Waals surface area contributed by atoms with E-state index in [0.717, 1.165) is 11.1 Å². The number of ether oxygens (including phenoxy) is 3. The predicted molar refractivity (Wildman–Crippen MR) is 125 cm³/mol. The Balaban J connectivity index is 1.61. The van der Waals surface area contributed by atoms with Crippen molar-refractivity contribution in [1.29, 1.82) is 0 Å². The van der Waals surface area contributed by atoms with Crippen molar-refractivity contribution in [3.05, 3.63) is 53.6 Å². The molecule has 34 heavy (non-hydrogen) atoms. The molecule has 0 aromatic heterocycles. The number of carboxylic acids is 1. The van der Waals surface area contributed by atoms with Gasteiger partial charge in [-0.3, -0.25) is 0 Å². The lowest BCUT2D eigenvalue weighted by molar-refractivity contribution is -0.304. The lowest BCUT2D eigenvalue weighted by Crippen LogP contribution is -2.63. The van der Waals surface area contributed by atoms with Crippen molar-refractivity contribution in [2.45, 2.75) is 71.2 Å². The molecule has 4 rings (SSSR count). The quantitative estimate of drug-likeness (QED) is 0.610. The molecule has 1 spiro atoms. The first kappa shape index (κ1) is 24.0. The number of carbonyl (C=O) groups is 2. The predicted octanol–water partition coefficient (Wildman–Crippen LogP) is 4.34. The van der Waals surface area contributed by atoms with E-state index in [1.807, 2.05) is 33.8 Å². The molecule has 1 saturated carbocycles. The summed E-state index contributed by atoms with van der Waals surface area (Å²) in [7, 11) is 0. The van der Waals surface area contributed by atoms with E-state index in [9.17, 15) is 19.8 Å². The number of aliphatic hydroxyl groups excluding tert-OH is 1. The van der Waals surface area contributed by atoms with Crippen LogP contribution in [0.25, 0.3) is 11.1 Å². The maximum Gasteiger partial charge on any atom is 0.407 e. The van der Waals surface area contributed by atoms with Crippen LogP contribution < -0.4 is 10.1 Å². The highest BCUT2D eigenvalue weighted by Gasteiger charge is 2.57. The van der Waals surface area contributed by atoms with Gasteiger partial charge in [0.25, 0.3) is 0 Å². The summed E-state index contributed by atoms with van der Waals surface area (Å²) in [5.74, 6) is -1.82. The molecular formula is C26H31NO7. The molecule has 1 heterocycles. The number of rotatable bonds is 4. The van der Waals surface area contributed by atoms with Crippen molar-refractivity contribution in [2.75, 3.05) is 0 Å². The lowest BCUT2D eigenvalue weighted by Gasteiger charge is -2.51. The van der Waals surface area contributed by atoms with Crippen LogP contribution >= 0.6 is 0 Å². The molecule has 1 fully saturated rings. The number of benzene rings is 2. The molecule has 2 aromatic carbocycles. The van der Waals surface area contributed by atoms with Crippen LogP contribution in [-0.2, 0) is 16.1 Å². The Morgan fingerprint density at radius 1 is 1.18 bits per heavy atom. The normalized spacial score (nSPS) is 25.4. The Labute approximate surface area is 198 Å². The van der Waals surface area contributed by atoms with Crippen molar-refractivity contribution < 1.29 is 34.0 Å². The van der Waals surface area contributed by atoms with E-state index in [2.05, 4.69) is 5.32 Å². The van der Waals surface area contributed by atoms with Crippen LogP contribution in [0.3, 0.4) is 0 Å². The van der Waals surface area contributed by atoms with Crippen LogP contribution in [0.15, 0.2) is 42.5 Å². The van der Waals surface area contributed by atoms with Crippen LogP contribution in [0.5, 0.6) is 5.75 Å². The zero-order valence-electron chi connectivity index (χ0n) is 19.8. The molecule has 182 valence electrons. The fraction of sp³-hybridized carbons (Fsp3) is 0.462. The number of hydrogen-bond donors (Lipinski definition) is 3. The summed E-state index contributed by atoms with van der Waals surface area (Å²) < 4.78 is 18.0. The number of hydrogen-bond acceptors (Lipinski definition) is 6. The highest BCUT2D eigenvalue weighted by molar-refractivity contribution is 5.96. The number of amides is 1. The van der Waals surface area contributed by atoms with Crippen LogP contribution in [0.2, 0.25) is 0 Å². The second-order valence-electron chi connectivity index (χ2n) is 10.1. The van der Waals surface area contributed by atoms with Gasteiger partial charge in [0.05, 0.1) is 12.2 Å². The van der Waals surface area contributed by atoms with E-state index < -0.39 is 30.1 Å². The Morgan fingerprint density at radius 3 is 2.62 bits per heavy atom. The zero-order chi connectivity index (χ0) is 24.7. The van der Waals surface area contributed by atoms with Gasteiger partial charge in [-0.2, -0.15) is 0 Å². The summed E-state index contributed by atoms with van der Waals surface area (Å²) in [6, 6.07) is 12.1. The van der Waals surface area contributed by atoms with E-state index in [4.69, 9.17) is 14.2 Å². The largest absolute Gasteiger partial charge is 0.478 e. The standard InChI is InChI=1S/C26H31NO7/c1-15(2)27-24(31)33-21-12-25(3,4)14-26(22(21)28)32-13-17-11-16(9-10-20(17)34-26)18-7-5-6-8-19(18)23(29)30/h5-11,15,21-22,28H,12-14H2,1-4H3,(H,27,31)(H,29,30)/t21-,22-,26-/m1/s1. The van der Waals surface area contributed by atoms with Crippen LogP contribution in [0.4, 0.5) is 4.79 Å². The average molecular weight is 470 g/mol. The van der Waals surface area contributed by atoms with E-state index in [1.165, 1.54) is 0 Å². The van der Waals surface area contributed by atoms with Gasteiger partial charge in [-0.25, -0.2) is 9.59 Å². The molecule has 2 aromatic rings. The number of aromatic carboxylic acids is 1. The molecule has 3 N–H and O–H groups in total. The molecule has 2 aliphatic rings. The molecule has 1 aliphatic carbocycles. The molecule has 0 radical (unpaired) electrons. The maximum absolute atomic E-state index is 12.2. The monoisotopic (exact) mass is 469 g/mol. The van der Waals surface area contributed by atoms with Gasteiger partial charge < -0.3 is 29.7 Å². The molecule has 0 unspecified atom stereocenters. The topological polar surface area (TPSA) is 114 Å². The van der Waals surface area contributed by atoms with Crippen molar-refractivity contribution in [3.8, 4) is 16.9 Å². The zero-order valence-corrected chi connectivity index (χ0v) is 19.8. The van der Waals surface area contributed by atoms with E-state index in [1.54, 1.807) is 36.4 Å². The SMILES string of the molecule is CC(C)NC(=O)O[C@@H]1CC(C)(C)C[C@]2(OCc3cc(-c4ccccc4C(=O)O)ccc3O2)[C@@H]1O. The Hall–Kier alpha value is -3.10. The second kappa shape index (κ2) is 8.92. The molecule has 3 atom stereocenters. The van der Waals surface area contributed by atoms with Crippen molar-refractivity contribution >= 4 is 12.1 Å². The minimum Gasteiger partial charge on any atom is -0.478 e. The minimum atomic E-state index is -1.36. The van der Waals surface area contributed by atoms with Crippen LogP contribution in [-0.4, -0.2) is 46.3 Å². The highest BCUT2D eigenvalue weighted by Crippen LogP contribution is 2.48. The van der Waals surface area contributed by atoms with Gasteiger partial charge in [-0.05, 0) is 55.0 Å². The Morgan fingerprint density at radius 2 is 1.91 bits per heavy atom. The molecule has 1 amide bonds. The highest BCUT2D eigenvalue weighted by atomic mass is 16.7. The van der Waals surface area contributed by atoms with Crippen LogP contribution in [0, 0.1) is 5.41 Å². The first-order valence-corrected chi connectivity index (χ1v) is 11.4. The molecular weight excluding hydrogens is 438 g/mol. The second-order valence-corrected chi connectivity index (χ2v) is 10.1. The van der Waals surface area contributed by atoms with Gasteiger partial charge in [0.2, 0.25) is 5.79 Å². The fourth-order valence-corrected chi connectivity index (χ4v) is 4.83. The van der Waals surface area contributed by atoms with Crippen LogP contribution in [0.1, 0.15) is 56.5 Å². The molecule has 8 heteroatoms. The number of alkyl carbamates (subject to hydrolysis) is 1. The number of carbonyl (C=O) groups excluding carboxylic acids is 1. The average Bonchev–Trinajstić information content (AvgIpc) is 2.76. The Bertz CT molecular complexity index is 1100. The third kappa shape index (κ3) is 4.74. The number of carboxylic acid groups (broad SMARTS) is 1. The Kier molecular flexibility index (Phi) is 6.31. The lowest BCUT2D eigenvalue weighted by atomic mass is 9.71. The first-order chi connectivity index (χ1) is 16.0. The van der Waals surface area contributed by atoms with Crippen molar-refractivity contribution in [1.82, 2.24) is 5.32 Å².